The van der Waals surface area contributed by atoms with E-state index in [2.05, 4.69) is 15.6 Å². The highest BCUT2D eigenvalue weighted by molar-refractivity contribution is 6.03. The molecule has 7 nitrogen and oxygen atoms in total. The maximum absolute atomic E-state index is 12.2. The van der Waals surface area contributed by atoms with Crippen LogP contribution in [0.4, 0.5) is 5.69 Å². The van der Waals surface area contributed by atoms with Gasteiger partial charge in [-0.2, -0.15) is 0 Å². The Morgan fingerprint density at radius 3 is 3.24 bits per heavy atom. The molecule has 1 amide bonds. The van der Waals surface area contributed by atoms with E-state index in [0.29, 0.717) is 25.4 Å². The number of aryl methyl sites for hydroxylation is 1. The molecule has 21 heavy (non-hydrogen) atoms. The number of rotatable bonds is 4. The smallest absolute Gasteiger partial charge is 0.277 e. The van der Waals surface area contributed by atoms with E-state index >= 15 is 0 Å². The van der Waals surface area contributed by atoms with E-state index in [-0.39, 0.29) is 11.6 Å². The number of aromatic nitrogens is 3. The first-order valence-electron chi connectivity index (χ1n) is 6.94. The van der Waals surface area contributed by atoms with Gasteiger partial charge in [-0.05, 0) is 24.5 Å². The molecule has 110 valence electrons. The summed E-state index contributed by atoms with van der Waals surface area (Å²) in [6.07, 6.45) is 3.54. The normalized spacial score (nSPS) is 13.4. The Kier molecular flexibility index (Phi) is 3.83. The number of nitrogens with one attached hydrogen (secondary N) is 1. The number of nitrogens with zero attached hydrogens (tertiary/aromatic N) is 3. The van der Waals surface area contributed by atoms with Crippen molar-refractivity contribution in [3.8, 4) is 5.75 Å². The monoisotopic (exact) mass is 287 g/mol. The molecule has 0 saturated heterocycles. The summed E-state index contributed by atoms with van der Waals surface area (Å²) in [5.41, 5.74) is 7.49. The lowest BCUT2D eigenvalue weighted by molar-refractivity contribution is 0.102. The summed E-state index contributed by atoms with van der Waals surface area (Å²) in [7, 11) is 0. The van der Waals surface area contributed by atoms with Crippen molar-refractivity contribution in [3.63, 3.8) is 0 Å². The van der Waals surface area contributed by atoms with Crippen LogP contribution in [-0.2, 0) is 13.0 Å². The van der Waals surface area contributed by atoms with Gasteiger partial charge in [0, 0.05) is 6.54 Å². The number of carbonyl (C=O) groups excluding carboxylic acids is 1. The van der Waals surface area contributed by atoms with Crippen LogP contribution in [0.15, 0.2) is 24.4 Å². The molecule has 0 unspecified atom stereocenters. The zero-order chi connectivity index (χ0) is 14.7. The standard InChI is InChI=1S/C14H17N5O2/c15-6-7-19-9-12(17-18-19)14(20)16-11-5-1-3-10-4-2-8-21-13(10)11/h1,3,5,9H,2,4,6-8,15H2,(H,16,20). The highest BCUT2D eigenvalue weighted by Crippen LogP contribution is 2.32. The molecule has 7 heteroatoms. The lowest BCUT2D eigenvalue weighted by Crippen LogP contribution is -2.16. The minimum Gasteiger partial charge on any atom is -0.491 e. The molecule has 0 radical (unpaired) electrons. The summed E-state index contributed by atoms with van der Waals surface area (Å²) in [4.78, 5) is 12.2. The van der Waals surface area contributed by atoms with Gasteiger partial charge in [-0.3, -0.25) is 9.48 Å². The Hall–Kier alpha value is -2.41. The number of carbonyl (C=O) groups is 1. The molecule has 3 rings (SSSR count). The predicted octanol–water partition coefficient (Wildman–Crippen LogP) is 0.814. The average molecular weight is 287 g/mol. The third-order valence-electron chi connectivity index (χ3n) is 3.31. The number of para-hydroxylation sites is 1. The molecule has 0 fully saturated rings. The summed E-state index contributed by atoms with van der Waals surface area (Å²) >= 11 is 0. The highest BCUT2D eigenvalue weighted by Gasteiger charge is 2.17. The van der Waals surface area contributed by atoms with Gasteiger partial charge >= 0.3 is 0 Å². The average Bonchev–Trinajstić information content (AvgIpc) is 2.97. The zero-order valence-corrected chi connectivity index (χ0v) is 11.6. The third-order valence-corrected chi connectivity index (χ3v) is 3.31. The topological polar surface area (TPSA) is 95.1 Å². The molecule has 0 aliphatic carbocycles. The lowest BCUT2D eigenvalue weighted by atomic mass is 10.1. The van der Waals surface area contributed by atoms with Crippen molar-refractivity contribution in [2.45, 2.75) is 19.4 Å². The van der Waals surface area contributed by atoms with Crippen LogP contribution in [0.1, 0.15) is 22.5 Å². The molecule has 1 aromatic heterocycles. The number of anilines is 1. The van der Waals surface area contributed by atoms with Gasteiger partial charge in [0.25, 0.3) is 5.91 Å². The van der Waals surface area contributed by atoms with Crippen molar-refractivity contribution in [3.05, 3.63) is 35.7 Å². The Morgan fingerprint density at radius 1 is 1.48 bits per heavy atom. The molecule has 2 heterocycles. The quantitative estimate of drug-likeness (QED) is 0.868. The first-order valence-corrected chi connectivity index (χ1v) is 6.94. The number of fused-ring (bicyclic) bond motifs is 1. The van der Waals surface area contributed by atoms with Gasteiger partial charge in [-0.25, -0.2) is 0 Å². The zero-order valence-electron chi connectivity index (χ0n) is 11.6. The molecule has 0 bridgehead atoms. The molecule has 0 saturated carbocycles. The third kappa shape index (κ3) is 2.87. The van der Waals surface area contributed by atoms with Crippen LogP contribution in [0.5, 0.6) is 5.75 Å². The van der Waals surface area contributed by atoms with Crippen LogP contribution in [-0.4, -0.2) is 34.1 Å². The van der Waals surface area contributed by atoms with E-state index < -0.39 is 0 Å². The second kappa shape index (κ2) is 5.92. The van der Waals surface area contributed by atoms with Crippen molar-refractivity contribution < 1.29 is 9.53 Å². The minimum absolute atomic E-state index is 0.261. The van der Waals surface area contributed by atoms with Crippen molar-refractivity contribution in [1.29, 1.82) is 0 Å². The SMILES string of the molecule is NCCn1cc(C(=O)Nc2cccc3c2OCCC3)nn1. The second-order valence-electron chi connectivity index (χ2n) is 4.86. The van der Waals surface area contributed by atoms with Gasteiger partial charge in [-0.1, -0.05) is 17.3 Å². The number of hydrogen-bond donors (Lipinski definition) is 2. The predicted molar refractivity (Wildman–Crippen MR) is 77.3 cm³/mol. The molecule has 0 spiro atoms. The fourth-order valence-corrected chi connectivity index (χ4v) is 2.32. The van der Waals surface area contributed by atoms with Gasteiger partial charge < -0.3 is 15.8 Å². The summed E-state index contributed by atoms with van der Waals surface area (Å²) in [5, 5.41) is 10.5. The molecule has 3 N–H and O–H groups in total. The van der Waals surface area contributed by atoms with Crippen molar-refractivity contribution in [1.82, 2.24) is 15.0 Å². The number of benzene rings is 1. The van der Waals surface area contributed by atoms with Gasteiger partial charge in [-0.15, -0.1) is 5.10 Å². The van der Waals surface area contributed by atoms with Crippen LogP contribution in [0.25, 0.3) is 0 Å². The van der Waals surface area contributed by atoms with Crippen LogP contribution in [0.3, 0.4) is 0 Å². The molecule has 1 aliphatic rings. The second-order valence-corrected chi connectivity index (χ2v) is 4.86. The summed E-state index contributed by atoms with van der Waals surface area (Å²) < 4.78 is 7.21. The van der Waals surface area contributed by atoms with E-state index in [9.17, 15) is 4.79 Å². The van der Waals surface area contributed by atoms with E-state index in [1.807, 2.05) is 18.2 Å². The van der Waals surface area contributed by atoms with Gasteiger partial charge in [0.15, 0.2) is 5.69 Å². The number of ether oxygens (including phenoxy) is 1. The summed E-state index contributed by atoms with van der Waals surface area (Å²) in [6, 6.07) is 5.75. The van der Waals surface area contributed by atoms with Gasteiger partial charge in [0.05, 0.1) is 25.0 Å². The first-order chi connectivity index (χ1) is 10.3. The van der Waals surface area contributed by atoms with E-state index in [1.54, 1.807) is 10.9 Å². The van der Waals surface area contributed by atoms with Crippen molar-refractivity contribution in [2.75, 3.05) is 18.5 Å². The Labute approximate surface area is 122 Å². The van der Waals surface area contributed by atoms with Crippen LogP contribution >= 0.6 is 0 Å². The summed E-state index contributed by atoms with van der Waals surface area (Å²) in [6.45, 7) is 1.65. The maximum atomic E-state index is 12.2. The Balaban J connectivity index is 1.78. The van der Waals surface area contributed by atoms with E-state index in [4.69, 9.17) is 10.5 Å². The fourth-order valence-electron chi connectivity index (χ4n) is 2.32. The van der Waals surface area contributed by atoms with Crippen molar-refractivity contribution >= 4 is 11.6 Å². The molecule has 2 aromatic rings. The van der Waals surface area contributed by atoms with Gasteiger partial charge in [0.2, 0.25) is 0 Å². The molecule has 0 atom stereocenters. The number of amides is 1. The maximum Gasteiger partial charge on any atom is 0.277 e. The van der Waals surface area contributed by atoms with Crippen molar-refractivity contribution in [2.24, 2.45) is 5.73 Å². The highest BCUT2D eigenvalue weighted by atomic mass is 16.5. The summed E-state index contributed by atoms with van der Waals surface area (Å²) in [5.74, 6) is 0.451. The van der Waals surface area contributed by atoms with Crippen LogP contribution in [0.2, 0.25) is 0 Å². The number of hydrogen-bond acceptors (Lipinski definition) is 5. The van der Waals surface area contributed by atoms with E-state index in [0.717, 1.165) is 24.2 Å². The van der Waals surface area contributed by atoms with Crippen LogP contribution in [0, 0.1) is 0 Å². The van der Waals surface area contributed by atoms with Gasteiger partial charge in [0.1, 0.15) is 5.75 Å². The Morgan fingerprint density at radius 2 is 2.38 bits per heavy atom. The fraction of sp³-hybridized carbons (Fsp3) is 0.357. The number of nitrogens with two attached hydrogens (primary N) is 1. The van der Waals surface area contributed by atoms with E-state index in [1.165, 1.54) is 0 Å². The minimum atomic E-state index is -0.305. The first kappa shape index (κ1) is 13.6. The Bertz CT molecular complexity index is 653. The molecule has 1 aromatic carbocycles. The van der Waals surface area contributed by atoms with Crippen LogP contribution < -0.4 is 15.8 Å². The molecule has 1 aliphatic heterocycles. The molecular formula is C14H17N5O2. The molecular weight excluding hydrogens is 270 g/mol. The lowest BCUT2D eigenvalue weighted by Gasteiger charge is -2.20. The largest absolute Gasteiger partial charge is 0.491 e.